The first-order chi connectivity index (χ1) is 15.8. The van der Waals surface area contributed by atoms with Crippen molar-refractivity contribution in [1.29, 1.82) is 0 Å². The number of nitrogens with one attached hydrogen (secondary N) is 2. The quantitative estimate of drug-likeness (QED) is 0.636. The van der Waals surface area contributed by atoms with E-state index in [1.807, 2.05) is 24.3 Å². The van der Waals surface area contributed by atoms with Crippen molar-refractivity contribution >= 4 is 27.5 Å². The SMILES string of the molecule is CC(NS(=O)(=O)c1ccc2c(c1)OCCCO2)C(=O)NCc1ccc(N2CCCC2=O)cc1. The van der Waals surface area contributed by atoms with Crippen LogP contribution in [0.1, 0.15) is 31.7 Å². The molecule has 1 saturated heterocycles. The van der Waals surface area contributed by atoms with Crippen molar-refractivity contribution in [3.05, 3.63) is 48.0 Å². The highest BCUT2D eigenvalue weighted by Crippen LogP contribution is 2.32. The number of nitrogens with zero attached hydrogens (tertiary/aromatic N) is 1. The number of carbonyl (C=O) groups excluding carboxylic acids is 2. The molecular formula is C23H27N3O6S. The van der Waals surface area contributed by atoms with Crippen LogP contribution in [0.5, 0.6) is 11.5 Å². The third-order valence-corrected chi connectivity index (χ3v) is 7.08. The van der Waals surface area contributed by atoms with Gasteiger partial charge in [-0.25, -0.2) is 8.42 Å². The lowest BCUT2D eigenvalue weighted by atomic mass is 10.2. The highest BCUT2D eigenvalue weighted by Gasteiger charge is 2.24. The summed E-state index contributed by atoms with van der Waals surface area (Å²) in [6.07, 6.45) is 2.14. The van der Waals surface area contributed by atoms with Crippen molar-refractivity contribution in [1.82, 2.24) is 10.0 Å². The van der Waals surface area contributed by atoms with Crippen LogP contribution in [-0.4, -0.2) is 46.0 Å². The topological polar surface area (TPSA) is 114 Å². The fraction of sp³-hybridized carbons (Fsp3) is 0.391. The maximum absolute atomic E-state index is 12.8. The minimum Gasteiger partial charge on any atom is -0.490 e. The van der Waals surface area contributed by atoms with Gasteiger partial charge in [-0.05, 0) is 43.2 Å². The minimum atomic E-state index is -3.94. The number of carbonyl (C=O) groups is 2. The monoisotopic (exact) mass is 473 g/mol. The zero-order valence-corrected chi connectivity index (χ0v) is 19.2. The summed E-state index contributed by atoms with van der Waals surface area (Å²) in [5, 5.41) is 2.74. The van der Waals surface area contributed by atoms with Gasteiger partial charge >= 0.3 is 0 Å². The second-order valence-corrected chi connectivity index (χ2v) is 9.75. The molecule has 10 heteroatoms. The van der Waals surface area contributed by atoms with Crippen LogP contribution in [-0.2, 0) is 26.2 Å². The van der Waals surface area contributed by atoms with Gasteiger partial charge in [-0.2, -0.15) is 4.72 Å². The van der Waals surface area contributed by atoms with Crippen molar-refractivity contribution < 1.29 is 27.5 Å². The van der Waals surface area contributed by atoms with E-state index in [2.05, 4.69) is 10.0 Å². The Kier molecular flexibility index (Phi) is 6.85. The van der Waals surface area contributed by atoms with Gasteiger partial charge in [0, 0.05) is 37.7 Å². The van der Waals surface area contributed by atoms with Crippen molar-refractivity contribution in [3.63, 3.8) is 0 Å². The number of benzene rings is 2. The molecule has 2 aliphatic heterocycles. The average Bonchev–Trinajstić information content (AvgIpc) is 3.09. The van der Waals surface area contributed by atoms with Crippen LogP contribution in [0.4, 0.5) is 5.69 Å². The summed E-state index contributed by atoms with van der Waals surface area (Å²) >= 11 is 0. The Labute approximate surface area is 193 Å². The van der Waals surface area contributed by atoms with Crippen molar-refractivity contribution in [2.24, 2.45) is 0 Å². The van der Waals surface area contributed by atoms with Crippen molar-refractivity contribution in [3.8, 4) is 11.5 Å². The van der Waals surface area contributed by atoms with E-state index in [1.165, 1.54) is 19.1 Å². The Hall–Kier alpha value is -3.11. The number of hydrogen-bond donors (Lipinski definition) is 2. The highest BCUT2D eigenvalue weighted by atomic mass is 32.2. The number of hydrogen-bond acceptors (Lipinski definition) is 6. The van der Waals surface area contributed by atoms with Crippen LogP contribution < -0.4 is 24.4 Å². The van der Waals surface area contributed by atoms with E-state index in [9.17, 15) is 18.0 Å². The predicted molar refractivity (Wildman–Crippen MR) is 122 cm³/mol. The molecule has 1 fully saturated rings. The van der Waals surface area contributed by atoms with E-state index in [0.29, 0.717) is 37.6 Å². The maximum atomic E-state index is 12.8. The Morgan fingerprint density at radius 2 is 1.79 bits per heavy atom. The molecule has 176 valence electrons. The number of fused-ring (bicyclic) bond motifs is 1. The largest absolute Gasteiger partial charge is 0.490 e. The molecule has 0 aromatic heterocycles. The number of anilines is 1. The zero-order chi connectivity index (χ0) is 23.4. The van der Waals surface area contributed by atoms with Gasteiger partial charge in [0.05, 0.1) is 24.2 Å². The van der Waals surface area contributed by atoms with Gasteiger partial charge in [0.2, 0.25) is 21.8 Å². The molecule has 33 heavy (non-hydrogen) atoms. The van der Waals surface area contributed by atoms with Gasteiger partial charge in [0.25, 0.3) is 0 Å². The van der Waals surface area contributed by atoms with Crippen LogP contribution >= 0.6 is 0 Å². The summed E-state index contributed by atoms with van der Waals surface area (Å²) in [4.78, 5) is 26.1. The lowest BCUT2D eigenvalue weighted by Gasteiger charge is -2.17. The lowest BCUT2D eigenvalue weighted by Crippen LogP contribution is -2.44. The molecule has 0 radical (unpaired) electrons. The predicted octanol–water partition coefficient (Wildman–Crippen LogP) is 1.96. The molecule has 4 rings (SSSR count). The Morgan fingerprint density at radius 3 is 2.48 bits per heavy atom. The molecule has 0 spiro atoms. The van der Waals surface area contributed by atoms with E-state index < -0.39 is 22.0 Å². The standard InChI is InChI=1S/C23H27N3O6S/c1-16(25-33(29,30)19-9-10-20-21(14-19)32-13-3-12-31-20)23(28)24-15-17-5-7-18(8-6-17)26-11-2-4-22(26)27/h5-10,14,16,25H,2-4,11-13,15H2,1H3,(H,24,28). The average molecular weight is 474 g/mol. The lowest BCUT2D eigenvalue weighted by molar-refractivity contribution is -0.122. The molecule has 2 N–H and O–H groups in total. The second-order valence-electron chi connectivity index (χ2n) is 8.04. The molecule has 0 aliphatic carbocycles. The first-order valence-electron chi connectivity index (χ1n) is 10.9. The summed E-state index contributed by atoms with van der Waals surface area (Å²) in [5.74, 6) is 0.529. The Morgan fingerprint density at radius 1 is 1.06 bits per heavy atom. The van der Waals surface area contributed by atoms with Crippen LogP contribution in [0.3, 0.4) is 0 Å². The molecule has 1 unspecified atom stereocenters. The molecule has 9 nitrogen and oxygen atoms in total. The first-order valence-corrected chi connectivity index (χ1v) is 12.4. The molecule has 2 amide bonds. The molecule has 2 aromatic rings. The number of rotatable bonds is 7. The third kappa shape index (κ3) is 5.45. The summed E-state index contributed by atoms with van der Waals surface area (Å²) in [5.41, 5.74) is 1.68. The van der Waals surface area contributed by atoms with Gasteiger partial charge in [-0.3, -0.25) is 9.59 Å². The zero-order valence-electron chi connectivity index (χ0n) is 18.4. The van der Waals surface area contributed by atoms with E-state index in [0.717, 1.165) is 24.2 Å². The van der Waals surface area contributed by atoms with E-state index in [1.54, 1.807) is 11.0 Å². The first kappa shape index (κ1) is 23.1. The second kappa shape index (κ2) is 9.80. The third-order valence-electron chi connectivity index (χ3n) is 5.54. The molecular weight excluding hydrogens is 446 g/mol. The normalized spacial score (nSPS) is 16.9. The molecule has 2 aliphatic rings. The maximum Gasteiger partial charge on any atom is 0.241 e. The Bertz CT molecular complexity index is 1130. The molecule has 0 bridgehead atoms. The molecule has 2 aromatic carbocycles. The summed E-state index contributed by atoms with van der Waals surface area (Å²) in [6.45, 7) is 3.39. The molecule has 2 heterocycles. The van der Waals surface area contributed by atoms with Gasteiger partial charge in [0.15, 0.2) is 11.5 Å². The number of sulfonamides is 1. The van der Waals surface area contributed by atoms with Crippen LogP contribution in [0, 0.1) is 0 Å². The Balaban J connectivity index is 1.33. The fourth-order valence-electron chi connectivity index (χ4n) is 3.72. The summed E-state index contributed by atoms with van der Waals surface area (Å²) < 4.78 is 39.0. The van der Waals surface area contributed by atoms with Crippen LogP contribution in [0.15, 0.2) is 47.4 Å². The fourth-order valence-corrected chi connectivity index (χ4v) is 4.94. The molecule has 0 saturated carbocycles. The van der Waals surface area contributed by atoms with E-state index in [-0.39, 0.29) is 17.3 Å². The van der Waals surface area contributed by atoms with E-state index >= 15 is 0 Å². The summed E-state index contributed by atoms with van der Waals surface area (Å²) in [6, 6.07) is 10.8. The molecule has 1 atom stereocenters. The highest BCUT2D eigenvalue weighted by molar-refractivity contribution is 7.89. The van der Waals surface area contributed by atoms with Crippen LogP contribution in [0.25, 0.3) is 0 Å². The minimum absolute atomic E-state index is 0.00144. The van der Waals surface area contributed by atoms with E-state index in [4.69, 9.17) is 9.47 Å². The van der Waals surface area contributed by atoms with Crippen molar-refractivity contribution in [2.45, 2.75) is 43.7 Å². The van der Waals surface area contributed by atoms with Crippen molar-refractivity contribution in [2.75, 3.05) is 24.7 Å². The van der Waals surface area contributed by atoms with Gasteiger partial charge < -0.3 is 19.7 Å². The van der Waals surface area contributed by atoms with Gasteiger partial charge in [-0.15, -0.1) is 0 Å². The van der Waals surface area contributed by atoms with Gasteiger partial charge in [-0.1, -0.05) is 12.1 Å². The smallest absolute Gasteiger partial charge is 0.241 e. The number of ether oxygens (including phenoxy) is 2. The van der Waals surface area contributed by atoms with Gasteiger partial charge in [0.1, 0.15) is 0 Å². The van der Waals surface area contributed by atoms with Crippen LogP contribution in [0.2, 0.25) is 0 Å². The summed E-state index contributed by atoms with van der Waals surface area (Å²) in [7, 11) is -3.94. The number of amides is 2.